The maximum atomic E-state index is 13.0. The SMILES string of the molecule is CC[C@H](C)NC(=O)Nc1cccc(-c2noc(-c3ccc(F)cc3)n2)c1. The van der Waals surface area contributed by atoms with Gasteiger partial charge in [0.15, 0.2) is 0 Å². The Morgan fingerprint density at radius 2 is 1.96 bits per heavy atom. The van der Waals surface area contributed by atoms with Gasteiger partial charge in [0.05, 0.1) is 0 Å². The van der Waals surface area contributed by atoms with Crippen LogP contribution in [0.1, 0.15) is 20.3 Å². The summed E-state index contributed by atoms with van der Waals surface area (Å²) >= 11 is 0. The number of nitrogens with zero attached hydrogens (tertiary/aromatic N) is 2. The Morgan fingerprint density at radius 1 is 1.19 bits per heavy atom. The molecule has 2 aromatic carbocycles. The van der Waals surface area contributed by atoms with Gasteiger partial charge in [-0.15, -0.1) is 0 Å². The first-order valence-electron chi connectivity index (χ1n) is 8.32. The first kappa shape index (κ1) is 17.6. The zero-order chi connectivity index (χ0) is 18.5. The number of carbonyl (C=O) groups excluding carboxylic acids is 1. The third kappa shape index (κ3) is 4.24. The maximum absolute atomic E-state index is 13.0. The summed E-state index contributed by atoms with van der Waals surface area (Å²) in [7, 11) is 0. The van der Waals surface area contributed by atoms with E-state index < -0.39 is 0 Å². The van der Waals surface area contributed by atoms with Crippen LogP contribution < -0.4 is 10.6 Å². The van der Waals surface area contributed by atoms with Gasteiger partial charge in [-0.25, -0.2) is 9.18 Å². The second-order valence-electron chi connectivity index (χ2n) is 5.92. The van der Waals surface area contributed by atoms with Gasteiger partial charge >= 0.3 is 6.03 Å². The third-order valence-electron chi connectivity index (χ3n) is 3.89. The lowest BCUT2D eigenvalue weighted by Gasteiger charge is -2.12. The van der Waals surface area contributed by atoms with Gasteiger partial charge < -0.3 is 15.2 Å². The standard InChI is InChI=1S/C19H19FN4O2/c1-3-12(2)21-19(25)22-16-6-4-5-14(11-16)17-23-18(26-24-17)13-7-9-15(20)10-8-13/h4-12H,3H2,1-2H3,(H2,21,22,25)/t12-/m0/s1. The quantitative estimate of drug-likeness (QED) is 0.709. The highest BCUT2D eigenvalue weighted by molar-refractivity contribution is 5.90. The van der Waals surface area contributed by atoms with Crippen LogP contribution in [-0.2, 0) is 0 Å². The molecule has 3 aromatic rings. The van der Waals surface area contributed by atoms with Crippen LogP contribution in [0.5, 0.6) is 0 Å². The van der Waals surface area contributed by atoms with Crippen molar-refractivity contribution in [2.24, 2.45) is 0 Å². The molecule has 0 spiro atoms. The molecule has 0 unspecified atom stereocenters. The van der Waals surface area contributed by atoms with Crippen LogP contribution >= 0.6 is 0 Å². The van der Waals surface area contributed by atoms with E-state index in [1.807, 2.05) is 19.9 Å². The lowest BCUT2D eigenvalue weighted by Crippen LogP contribution is -2.35. The zero-order valence-electron chi connectivity index (χ0n) is 14.5. The Kier molecular flexibility index (Phi) is 5.26. The number of hydrogen-bond acceptors (Lipinski definition) is 4. The molecule has 0 aliphatic heterocycles. The smallest absolute Gasteiger partial charge is 0.319 e. The monoisotopic (exact) mass is 354 g/mol. The highest BCUT2D eigenvalue weighted by Gasteiger charge is 2.12. The molecule has 0 saturated heterocycles. The summed E-state index contributed by atoms with van der Waals surface area (Å²) in [6, 6.07) is 12.8. The minimum Gasteiger partial charge on any atom is -0.335 e. The fraction of sp³-hybridized carbons (Fsp3) is 0.211. The third-order valence-corrected chi connectivity index (χ3v) is 3.89. The first-order valence-corrected chi connectivity index (χ1v) is 8.32. The molecule has 0 aliphatic carbocycles. The summed E-state index contributed by atoms with van der Waals surface area (Å²) in [5.74, 6) is 0.353. The predicted molar refractivity (Wildman–Crippen MR) is 97.0 cm³/mol. The van der Waals surface area contributed by atoms with E-state index >= 15 is 0 Å². The van der Waals surface area contributed by atoms with Gasteiger partial charge in [-0.05, 0) is 49.7 Å². The topological polar surface area (TPSA) is 80.0 Å². The fourth-order valence-electron chi connectivity index (χ4n) is 2.28. The van der Waals surface area contributed by atoms with Crippen molar-refractivity contribution in [1.82, 2.24) is 15.5 Å². The summed E-state index contributed by atoms with van der Waals surface area (Å²) in [5.41, 5.74) is 1.95. The number of urea groups is 1. The van der Waals surface area contributed by atoms with Gasteiger partial charge in [-0.2, -0.15) is 4.98 Å². The van der Waals surface area contributed by atoms with Gasteiger partial charge in [-0.1, -0.05) is 24.2 Å². The number of anilines is 1. The van der Waals surface area contributed by atoms with Crippen molar-refractivity contribution >= 4 is 11.7 Å². The molecule has 0 aliphatic rings. The number of nitrogens with one attached hydrogen (secondary N) is 2. The summed E-state index contributed by atoms with van der Waals surface area (Å²) in [6.07, 6.45) is 0.850. The number of carbonyl (C=O) groups is 1. The molecule has 1 heterocycles. The van der Waals surface area contributed by atoms with Crippen molar-refractivity contribution in [2.75, 3.05) is 5.32 Å². The molecule has 0 radical (unpaired) electrons. The van der Waals surface area contributed by atoms with E-state index in [9.17, 15) is 9.18 Å². The summed E-state index contributed by atoms with van der Waals surface area (Å²) in [4.78, 5) is 16.3. The Labute approximate surface area is 150 Å². The molecule has 26 heavy (non-hydrogen) atoms. The largest absolute Gasteiger partial charge is 0.335 e. The van der Waals surface area contributed by atoms with Crippen molar-refractivity contribution in [3.63, 3.8) is 0 Å². The van der Waals surface area contributed by atoms with Crippen LogP contribution in [0.15, 0.2) is 53.1 Å². The van der Waals surface area contributed by atoms with Crippen molar-refractivity contribution < 1.29 is 13.7 Å². The molecule has 2 N–H and O–H groups in total. The molecular weight excluding hydrogens is 335 g/mol. The molecule has 6 nitrogen and oxygen atoms in total. The van der Waals surface area contributed by atoms with Crippen molar-refractivity contribution in [2.45, 2.75) is 26.3 Å². The number of benzene rings is 2. The second kappa shape index (κ2) is 7.77. The summed E-state index contributed by atoms with van der Waals surface area (Å²) < 4.78 is 18.3. The number of amides is 2. The van der Waals surface area contributed by atoms with E-state index in [0.29, 0.717) is 28.5 Å². The Balaban J connectivity index is 1.76. The van der Waals surface area contributed by atoms with Crippen LogP contribution in [0.2, 0.25) is 0 Å². The highest BCUT2D eigenvalue weighted by Crippen LogP contribution is 2.24. The number of hydrogen-bond donors (Lipinski definition) is 2. The van der Waals surface area contributed by atoms with Gasteiger partial charge in [0.2, 0.25) is 5.82 Å². The highest BCUT2D eigenvalue weighted by atomic mass is 19.1. The Morgan fingerprint density at radius 3 is 2.69 bits per heavy atom. The van der Waals surface area contributed by atoms with Crippen molar-refractivity contribution in [1.29, 1.82) is 0 Å². The molecule has 0 bridgehead atoms. The van der Waals surface area contributed by atoms with E-state index in [1.165, 1.54) is 12.1 Å². The zero-order valence-corrected chi connectivity index (χ0v) is 14.5. The average Bonchev–Trinajstić information content (AvgIpc) is 3.12. The molecule has 1 atom stereocenters. The van der Waals surface area contributed by atoms with Gasteiger partial charge in [0.25, 0.3) is 5.89 Å². The lowest BCUT2D eigenvalue weighted by molar-refractivity contribution is 0.249. The summed E-state index contributed by atoms with van der Waals surface area (Å²) in [5, 5.41) is 9.58. The van der Waals surface area contributed by atoms with Crippen molar-refractivity contribution in [3.05, 3.63) is 54.3 Å². The molecule has 134 valence electrons. The normalized spacial score (nSPS) is 11.8. The molecule has 0 fully saturated rings. The van der Waals surface area contributed by atoms with Gasteiger partial charge in [-0.3, -0.25) is 0 Å². The Hall–Kier alpha value is -3.22. The van der Waals surface area contributed by atoms with E-state index in [1.54, 1.807) is 30.3 Å². The van der Waals surface area contributed by atoms with Crippen LogP contribution in [0.4, 0.5) is 14.9 Å². The number of aromatic nitrogens is 2. The van der Waals surface area contributed by atoms with Crippen LogP contribution in [0.3, 0.4) is 0 Å². The number of rotatable bonds is 5. The van der Waals surface area contributed by atoms with Crippen LogP contribution in [0, 0.1) is 5.82 Å². The van der Waals surface area contributed by atoms with E-state index in [0.717, 1.165) is 6.42 Å². The molecule has 7 heteroatoms. The van der Waals surface area contributed by atoms with Crippen LogP contribution in [-0.4, -0.2) is 22.2 Å². The fourth-order valence-corrected chi connectivity index (χ4v) is 2.28. The Bertz CT molecular complexity index is 893. The molecule has 0 saturated carbocycles. The molecule has 3 rings (SSSR count). The molecule has 1 aromatic heterocycles. The van der Waals surface area contributed by atoms with Crippen LogP contribution in [0.25, 0.3) is 22.8 Å². The number of halogens is 1. The predicted octanol–water partition coefficient (Wildman–Crippen LogP) is 4.46. The van der Waals surface area contributed by atoms with E-state index in [-0.39, 0.29) is 17.9 Å². The molecule has 2 amide bonds. The summed E-state index contributed by atoms with van der Waals surface area (Å²) in [6.45, 7) is 3.94. The van der Waals surface area contributed by atoms with Gasteiger partial charge in [0.1, 0.15) is 5.82 Å². The minimum atomic E-state index is -0.331. The lowest BCUT2D eigenvalue weighted by atomic mass is 10.2. The van der Waals surface area contributed by atoms with E-state index in [2.05, 4.69) is 20.8 Å². The maximum Gasteiger partial charge on any atom is 0.319 e. The van der Waals surface area contributed by atoms with E-state index in [4.69, 9.17) is 4.52 Å². The van der Waals surface area contributed by atoms with Gasteiger partial charge in [0, 0.05) is 22.9 Å². The minimum absolute atomic E-state index is 0.0913. The van der Waals surface area contributed by atoms with Crippen molar-refractivity contribution in [3.8, 4) is 22.8 Å². The molecular formula is C19H19FN4O2. The first-order chi connectivity index (χ1) is 12.5. The second-order valence-corrected chi connectivity index (χ2v) is 5.92. The average molecular weight is 354 g/mol.